The fraction of sp³-hybridized carbons (Fsp3) is 0.706. The standard InChI is InChI=1S/C17H26N4O3S/c1-12-14-5-3-4-6-15(14)20-16(19-12)9-18-17(22)10-21(2)13-7-8-25(23,24)11-13/h13H,3-11H2,1-2H3,(H,18,22). The van der Waals surface area contributed by atoms with E-state index in [4.69, 9.17) is 0 Å². The number of hydrogen-bond donors (Lipinski definition) is 1. The Hall–Kier alpha value is -1.54. The van der Waals surface area contributed by atoms with Crippen LogP contribution in [0.3, 0.4) is 0 Å². The average Bonchev–Trinajstić information content (AvgIpc) is 2.93. The van der Waals surface area contributed by atoms with E-state index in [0.717, 1.165) is 30.7 Å². The van der Waals surface area contributed by atoms with Crippen LogP contribution in [0.15, 0.2) is 0 Å². The van der Waals surface area contributed by atoms with E-state index >= 15 is 0 Å². The number of aryl methyl sites for hydroxylation is 2. The van der Waals surface area contributed by atoms with Gasteiger partial charge in [0.15, 0.2) is 9.84 Å². The van der Waals surface area contributed by atoms with Crippen LogP contribution < -0.4 is 5.32 Å². The molecule has 1 atom stereocenters. The molecule has 3 rings (SSSR count). The number of aromatic nitrogens is 2. The summed E-state index contributed by atoms with van der Waals surface area (Å²) >= 11 is 0. The van der Waals surface area contributed by atoms with Crippen molar-refractivity contribution < 1.29 is 13.2 Å². The minimum Gasteiger partial charge on any atom is -0.348 e. The van der Waals surface area contributed by atoms with Crippen molar-refractivity contribution in [3.63, 3.8) is 0 Å². The van der Waals surface area contributed by atoms with Gasteiger partial charge in [-0.25, -0.2) is 18.4 Å². The number of hydrogen-bond acceptors (Lipinski definition) is 6. The van der Waals surface area contributed by atoms with Crippen LogP contribution in [-0.4, -0.2) is 60.3 Å². The lowest BCUT2D eigenvalue weighted by atomic mass is 9.95. The molecule has 0 saturated carbocycles. The van der Waals surface area contributed by atoms with Crippen LogP contribution in [0.1, 0.15) is 42.0 Å². The van der Waals surface area contributed by atoms with Crippen molar-refractivity contribution in [2.24, 2.45) is 0 Å². The van der Waals surface area contributed by atoms with E-state index in [1.807, 2.05) is 11.8 Å². The highest BCUT2D eigenvalue weighted by atomic mass is 32.2. The van der Waals surface area contributed by atoms with Gasteiger partial charge in [-0.15, -0.1) is 0 Å². The first-order chi connectivity index (χ1) is 11.8. The van der Waals surface area contributed by atoms with Gasteiger partial charge in [0.2, 0.25) is 5.91 Å². The van der Waals surface area contributed by atoms with Crippen molar-refractivity contribution in [2.75, 3.05) is 25.1 Å². The molecular weight excluding hydrogens is 340 g/mol. The lowest BCUT2D eigenvalue weighted by Gasteiger charge is -2.22. The summed E-state index contributed by atoms with van der Waals surface area (Å²) in [7, 11) is -1.14. The van der Waals surface area contributed by atoms with E-state index in [0.29, 0.717) is 18.8 Å². The molecule has 1 aliphatic heterocycles. The Morgan fingerprint density at radius 3 is 2.76 bits per heavy atom. The molecule has 1 aliphatic carbocycles. The van der Waals surface area contributed by atoms with Gasteiger partial charge in [0.25, 0.3) is 0 Å². The summed E-state index contributed by atoms with van der Waals surface area (Å²) in [6.07, 6.45) is 4.97. The number of nitrogens with one attached hydrogen (secondary N) is 1. The summed E-state index contributed by atoms with van der Waals surface area (Å²) in [5, 5.41) is 2.85. The maximum Gasteiger partial charge on any atom is 0.234 e. The zero-order chi connectivity index (χ0) is 18.0. The lowest BCUT2D eigenvalue weighted by Crippen LogP contribution is -2.41. The molecule has 1 N–H and O–H groups in total. The van der Waals surface area contributed by atoms with Crippen molar-refractivity contribution in [2.45, 2.75) is 51.6 Å². The molecule has 1 saturated heterocycles. The molecule has 25 heavy (non-hydrogen) atoms. The molecular formula is C17H26N4O3S. The summed E-state index contributed by atoms with van der Waals surface area (Å²) in [6, 6.07) is -0.0713. The molecule has 0 aromatic carbocycles. The van der Waals surface area contributed by atoms with Crippen LogP contribution in [0.25, 0.3) is 0 Å². The second-order valence-corrected chi connectivity index (χ2v) is 9.34. The van der Waals surface area contributed by atoms with E-state index in [1.54, 1.807) is 7.05 Å². The van der Waals surface area contributed by atoms with Crippen molar-refractivity contribution in [3.05, 3.63) is 22.8 Å². The first kappa shape index (κ1) is 18.3. The quantitative estimate of drug-likeness (QED) is 0.811. The van der Waals surface area contributed by atoms with Gasteiger partial charge in [-0.05, 0) is 51.6 Å². The summed E-state index contributed by atoms with van der Waals surface area (Å²) in [5.74, 6) is 0.874. The van der Waals surface area contributed by atoms with E-state index < -0.39 is 9.84 Å². The smallest absolute Gasteiger partial charge is 0.234 e. The molecule has 2 aliphatic rings. The third kappa shape index (κ3) is 4.55. The zero-order valence-corrected chi connectivity index (χ0v) is 15.7. The maximum atomic E-state index is 12.2. The van der Waals surface area contributed by atoms with Crippen molar-refractivity contribution in [3.8, 4) is 0 Å². The van der Waals surface area contributed by atoms with Crippen molar-refractivity contribution in [1.29, 1.82) is 0 Å². The fourth-order valence-electron chi connectivity index (χ4n) is 3.64. The summed E-state index contributed by atoms with van der Waals surface area (Å²) in [4.78, 5) is 23.1. The average molecular weight is 366 g/mol. The molecule has 1 aromatic rings. The largest absolute Gasteiger partial charge is 0.348 e. The van der Waals surface area contributed by atoms with Crippen LogP contribution in [0.5, 0.6) is 0 Å². The fourth-order valence-corrected chi connectivity index (χ4v) is 5.44. The molecule has 0 spiro atoms. The van der Waals surface area contributed by atoms with Crippen LogP contribution >= 0.6 is 0 Å². The number of amides is 1. The highest BCUT2D eigenvalue weighted by Gasteiger charge is 2.31. The topological polar surface area (TPSA) is 92.3 Å². The third-order valence-electron chi connectivity index (χ3n) is 5.10. The Balaban J connectivity index is 1.53. The molecule has 7 nitrogen and oxygen atoms in total. The maximum absolute atomic E-state index is 12.2. The predicted octanol–water partition coefficient (Wildman–Crippen LogP) is 0.399. The van der Waals surface area contributed by atoms with Gasteiger partial charge in [0.1, 0.15) is 5.82 Å². The van der Waals surface area contributed by atoms with Crippen molar-refractivity contribution in [1.82, 2.24) is 20.2 Å². The first-order valence-corrected chi connectivity index (χ1v) is 10.7. The molecule has 1 unspecified atom stereocenters. The first-order valence-electron chi connectivity index (χ1n) is 8.87. The van der Waals surface area contributed by atoms with Gasteiger partial charge < -0.3 is 5.32 Å². The third-order valence-corrected chi connectivity index (χ3v) is 6.85. The Kier molecular flexibility index (Phi) is 5.38. The van der Waals surface area contributed by atoms with Crippen LogP contribution in [0.2, 0.25) is 0 Å². The van der Waals surface area contributed by atoms with E-state index in [1.165, 1.54) is 12.0 Å². The Morgan fingerprint density at radius 2 is 2.04 bits per heavy atom. The molecule has 138 valence electrons. The summed E-state index contributed by atoms with van der Waals surface area (Å²) < 4.78 is 23.1. The number of carbonyl (C=O) groups is 1. The van der Waals surface area contributed by atoms with Gasteiger partial charge in [-0.3, -0.25) is 9.69 Å². The van der Waals surface area contributed by atoms with Crippen molar-refractivity contribution >= 4 is 15.7 Å². The highest BCUT2D eigenvalue weighted by molar-refractivity contribution is 7.91. The second-order valence-electron chi connectivity index (χ2n) is 7.11. The van der Waals surface area contributed by atoms with E-state index in [2.05, 4.69) is 15.3 Å². The number of fused-ring (bicyclic) bond motifs is 1. The van der Waals surface area contributed by atoms with Gasteiger partial charge in [-0.1, -0.05) is 0 Å². The van der Waals surface area contributed by atoms with Crippen LogP contribution in [0, 0.1) is 6.92 Å². The number of likely N-dealkylation sites (N-methyl/N-ethyl adjacent to an activating group) is 1. The normalized spacial score (nSPS) is 22.0. The van der Waals surface area contributed by atoms with Gasteiger partial charge in [-0.2, -0.15) is 0 Å². The number of nitrogens with zero attached hydrogens (tertiary/aromatic N) is 3. The molecule has 1 fully saturated rings. The van der Waals surface area contributed by atoms with Gasteiger partial charge in [0, 0.05) is 17.4 Å². The summed E-state index contributed by atoms with van der Waals surface area (Å²) in [6.45, 7) is 2.50. The minimum absolute atomic E-state index is 0.0713. The van der Waals surface area contributed by atoms with Gasteiger partial charge in [0.05, 0.1) is 24.6 Å². The zero-order valence-electron chi connectivity index (χ0n) is 14.9. The van der Waals surface area contributed by atoms with Crippen LogP contribution in [-0.2, 0) is 34.0 Å². The predicted molar refractivity (Wildman–Crippen MR) is 94.9 cm³/mol. The highest BCUT2D eigenvalue weighted by Crippen LogP contribution is 2.21. The monoisotopic (exact) mass is 366 g/mol. The Labute approximate surface area is 149 Å². The Morgan fingerprint density at radius 1 is 1.28 bits per heavy atom. The molecule has 8 heteroatoms. The number of carbonyl (C=O) groups excluding carboxylic acids is 1. The van der Waals surface area contributed by atoms with Crippen LogP contribution in [0.4, 0.5) is 0 Å². The second kappa shape index (κ2) is 7.37. The molecule has 0 radical (unpaired) electrons. The molecule has 1 aromatic heterocycles. The van der Waals surface area contributed by atoms with E-state index in [-0.39, 0.29) is 30.0 Å². The summed E-state index contributed by atoms with van der Waals surface area (Å²) in [5.41, 5.74) is 3.40. The molecule has 1 amide bonds. The SMILES string of the molecule is Cc1nc(CNC(=O)CN(C)C2CCS(=O)(=O)C2)nc2c1CCCC2. The number of sulfone groups is 1. The Bertz CT molecular complexity index is 763. The lowest BCUT2D eigenvalue weighted by molar-refractivity contribution is -0.122. The molecule has 2 heterocycles. The van der Waals surface area contributed by atoms with Gasteiger partial charge >= 0.3 is 0 Å². The number of rotatable bonds is 5. The van der Waals surface area contributed by atoms with E-state index in [9.17, 15) is 13.2 Å². The molecule has 0 bridgehead atoms. The minimum atomic E-state index is -2.94.